The number of pyridine rings is 1. The summed E-state index contributed by atoms with van der Waals surface area (Å²) >= 11 is 0. The number of nitrogens with two attached hydrogens (primary N) is 1. The maximum atomic E-state index is 13.1. The Kier molecular flexibility index (Phi) is 3.39. The molecule has 0 atom stereocenters. The van der Waals surface area contributed by atoms with E-state index in [-0.39, 0.29) is 16.8 Å². The third kappa shape index (κ3) is 2.66. The number of amides is 1. The zero-order valence-electron chi connectivity index (χ0n) is 9.72. The monoisotopic (exact) mass is 256 g/mol. The van der Waals surface area contributed by atoms with Crippen LogP contribution in [0.25, 0.3) is 0 Å². The molecule has 1 aromatic heterocycles. The van der Waals surface area contributed by atoms with Gasteiger partial charge in [0.15, 0.2) is 0 Å². The van der Waals surface area contributed by atoms with Crippen LogP contribution in [0.1, 0.15) is 15.9 Å². The number of anilines is 2. The summed E-state index contributed by atoms with van der Waals surface area (Å²) < 4.78 is 13.1. The maximum Gasteiger partial charge on any atom is 0.257 e. The van der Waals surface area contributed by atoms with Crippen LogP contribution < -0.4 is 11.1 Å². The molecule has 0 aliphatic carbocycles. The summed E-state index contributed by atoms with van der Waals surface area (Å²) in [4.78, 5) is 15.7. The van der Waals surface area contributed by atoms with Crippen molar-refractivity contribution in [2.75, 3.05) is 11.1 Å². The predicted molar refractivity (Wildman–Crippen MR) is 67.7 cm³/mol. The highest BCUT2D eigenvalue weighted by Crippen LogP contribution is 2.16. The van der Waals surface area contributed by atoms with Gasteiger partial charge in [0.2, 0.25) is 0 Å². The normalized spacial score (nSPS) is 9.68. The third-order valence-corrected chi connectivity index (χ3v) is 2.44. The number of nitriles is 1. The topological polar surface area (TPSA) is 91.8 Å². The van der Waals surface area contributed by atoms with Crippen LogP contribution >= 0.6 is 0 Å². The van der Waals surface area contributed by atoms with Crippen LogP contribution in [-0.2, 0) is 0 Å². The number of hydrogen-bond donors (Lipinski definition) is 2. The summed E-state index contributed by atoms with van der Waals surface area (Å²) in [5, 5.41) is 11.2. The molecule has 0 aliphatic heterocycles. The molecule has 2 aromatic rings. The molecule has 1 amide bonds. The van der Waals surface area contributed by atoms with Gasteiger partial charge in [-0.2, -0.15) is 5.26 Å². The van der Waals surface area contributed by atoms with Crippen LogP contribution in [-0.4, -0.2) is 10.9 Å². The molecular formula is C13H9FN4O. The molecule has 0 spiro atoms. The minimum Gasteiger partial charge on any atom is -0.397 e. The zero-order valence-corrected chi connectivity index (χ0v) is 9.72. The molecule has 0 saturated heterocycles. The van der Waals surface area contributed by atoms with Crippen LogP contribution in [0.2, 0.25) is 0 Å². The Balaban J connectivity index is 2.25. The van der Waals surface area contributed by atoms with Crippen molar-refractivity contribution in [1.29, 1.82) is 5.26 Å². The standard InChI is InChI=1S/C13H9FN4O/c14-11-2-1-9(5-8(11)6-15)18-13(19)10-3-4-17-7-12(10)16/h1-5,7H,16H2,(H,18,19). The van der Waals surface area contributed by atoms with Crippen molar-refractivity contribution < 1.29 is 9.18 Å². The number of nitrogens with zero attached hydrogens (tertiary/aromatic N) is 2. The van der Waals surface area contributed by atoms with Crippen molar-refractivity contribution >= 4 is 17.3 Å². The number of carbonyl (C=O) groups excluding carboxylic acids is 1. The van der Waals surface area contributed by atoms with Crippen molar-refractivity contribution in [2.45, 2.75) is 0 Å². The average Bonchev–Trinajstić information content (AvgIpc) is 2.41. The summed E-state index contributed by atoms with van der Waals surface area (Å²) in [6.45, 7) is 0. The van der Waals surface area contributed by atoms with Gasteiger partial charge in [0, 0.05) is 11.9 Å². The van der Waals surface area contributed by atoms with Gasteiger partial charge in [-0.3, -0.25) is 9.78 Å². The van der Waals surface area contributed by atoms with Gasteiger partial charge in [0.1, 0.15) is 11.9 Å². The Bertz CT molecular complexity index is 679. The van der Waals surface area contributed by atoms with E-state index in [2.05, 4.69) is 10.3 Å². The molecule has 0 aliphatic rings. The number of halogens is 1. The SMILES string of the molecule is N#Cc1cc(NC(=O)c2ccncc2N)ccc1F. The largest absolute Gasteiger partial charge is 0.397 e. The number of hydrogen-bond acceptors (Lipinski definition) is 4. The van der Waals surface area contributed by atoms with Crippen LogP contribution in [0.3, 0.4) is 0 Å². The van der Waals surface area contributed by atoms with Crippen molar-refractivity contribution in [3.63, 3.8) is 0 Å². The van der Waals surface area contributed by atoms with Gasteiger partial charge in [-0.1, -0.05) is 0 Å². The number of nitrogens with one attached hydrogen (secondary N) is 1. The van der Waals surface area contributed by atoms with Gasteiger partial charge in [0.25, 0.3) is 5.91 Å². The number of benzene rings is 1. The second-order valence-corrected chi connectivity index (χ2v) is 3.72. The second kappa shape index (κ2) is 5.14. The van der Waals surface area contributed by atoms with E-state index < -0.39 is 11.7 Å². The minimum atomic E-state index is -0.635. The van der Waals surface area contributed by atoms with Gasteiger partial charge in [0.05, 0.1) is 23.0 Å². The van der Waals surface area contributed by atoms with Gasteiger partial charge < -0.3 is 11.1 Å². The van der Waals surface area contributed by atoms with Crippen LogP contribution in [0.5, 0.6) is 0 Å². The Morgan fingerprint density at radius 2 is 2.21 bits per heavy atom. The lowest BCUT2D eigenvalue weighted by Gasteiger charge is -2.07. The maximum absolute atomic E-state index is 13.1. The fourth-order valence-electron chi connectivity index (χ4n) is 1.50. The van der Waals surface area contributed by atoms with Gasteiger partial charge in [-0.15, -0.1) is 0 Å². The highest BCUT2D eigenvalue weighted by atomic mass is 19.1. The molecule has 1 heterocycles. The fourth-order valence-corrected chi connectivity index (χ4v) is 1.50. The molecule has 5 nitrogen and oxygen atoms in total. The minimum absolute atomic E-state index is 0.138. The molecule has 6 heteroatoms. The number of carbonyl (C=O) groups is 1. The van der Waals surface area contributed by atoms with Crippen molar-refractivity contribution in [3.05, 3.63) is 53.6 Å². The first-order valence-electron chi connectivity index (χ1n) is 5.32. The van der Waals surface area contributed by atoms with E-state index in [1.165, 1.54) is 30.6 Å². The highest BCUT2D eigenvalue weighted by Gasteiger charge is 2.10. The van der Waals surface area contributed by atoms with E-state index in [1.807, 2.05) is 0 Å². The molecule has 2 rings (SSSR count). The summed E-state index contributed by atoms with van der Waals surface area (Å²) in [6, 6.07) is 6.91. The quantitative estimate of drug-likeness (QED) is 0.858. The number of nitrogen functional groups attached to an aromatic ring is 1. The Hall–Kier alpha value is -2.94. The van der Waals surface area contributed by atoms with Crippen molar-refractivity contribution in [2.24, 2.45) is 0 Å². The van der Waals surface area contributed by atoms with E-state index in [9.17, 15) is 9.18 Å². The molecular weight excluding hydrogens is 247 g/mol. The van der Waals surface area contributed by atoms with Crippen LogP contribution in [0.15, 0.2) is 36.7 Å². The molecule has 0 bridgehead atoms. The van der Waals surface area contributed by atoms with Gasteiger partial charge >= 0.3 is 0 Å². The van der Waals surface area contributed by atoms with Crippen LogP contribution in [0, 0.1) is 17.1 Å². The second-order valence-electron chi connectivity index (χ2n) is 3.72. The first-order valence-corrected chi connectivity index (χ1v) is 5.32. The van der Waals surface area contributed by atoms with Crippen molar-refractivity contribution in [3.8, 4) is 6.07 Å². The van der Waals surface area contributed by atoms with Crippen molar-refractivity contribution in [1.82, 2.24) is 4.98 Å². The lowest BCUT2D eigenvalue weighted by molar-refractivity contribution is 0.102. The lowest BCUT2D eigenvalue weighted by Crippen LogP contribution is -2.14. The Morgan fingerprint density at radius 3 is 2.89 bits per heavy atom. The van der Waals surface area contributed by atoms with Crippen LogP contribution in [0.4, 0.5) is 15.8 Å². The molecule has 0 unspecified atom stereocenters. The Morgan fingerprint density at radius 1 is 1.42 bits per heavy atom. The highest BCUT2D eigenvalue weighted by molar-refractivity contribution is 6.07. The Labute approximate surface area is 108 Å². The molecule has 19 heavy (non-hydrogen) atoms. The molecule has 94 valence electrons. The van der Waals surface area contributed by atoms with Gasteiger partial charge in [-0.25, -0.2) is 4.39 Å². The third-order valence-electron chi connectivity index (χ3n) is 2.44. The first kappa shape index (κ1) is 12.5. The van der Waals surface area contributed by atoms with E-state index in [1.54, 1.807) is 6.07 Å². The lowest BCUT2D eigenvalue weighted by atomic mass is 10.2. The summed E-state index contributed by atoms with van der Waals surface area (Å²) in [6.07, 6.45) is 2.80. The molecule has 3 N–H and O–H groups in total. The van der Waals surface area contributed by atoms with E-state index in [0.717, 1.165) is 6.07 Å². The average molecular weight is 256 g/mol. The van der Waals surface area contributed by atoms with Gasteiger partial charge in [-0.05, 0) is 24.3 Å². The van der Waals surface area contributed by atoms with E-state index in [0.29, 0.717) is 5.69 Å². The number of rotatable bonds is 2. The summed E-state index contributed by atoms with van der Waals surface area (Å²) in [5.74, 6) is -1.08. The number of aromatic nitrogens is 1. The first-order chi connectivity index (χ1) is 9.11. The van der Waals surface area contributed by atoms with E-state index >= 15 is 0 Å². The molecule has 0 saturated carbocycles. The smallest absolute Gasteiger partial charge is 0.257 e. The predicted octanol–water partition coefficient (Wildman–Crippen LogP) is 1.93. The summed E-state index contributed by atoms with van der Waals surface area (Å²) in [7, 11) is 0. The zero-order chi connectivity index (χ0) is 13.8. The molecule has 0 fully saturated rings. The molecule has 1 aromatic carbocycles. The molecule has 0 radical (unpaired) electrons. The van der Waals surface area contributed by atoms with E-state index in [4.69, 9.17) is 11.0 Å². The fraction of sp³-hybridized carbons (Fsp3) is 0. The summed E-state index contributed by atoms with van der Waals surface area (Å²) in [5.41, 5.74) is 6.30.